The molecule has 0 aliphatic rings. The molecule has 84 valence electrons. The first-order valence-electron chi connectivity index (χ1n) is 5.42. The molecule has 1 N–H and O–H groups in total. The standard InChI is InChI=1S/C13H16N2S/c1-10-5-6-13(16-10)9-14-8-12-4-3-7-15-11(12)2/h3-7,14H,8-9H2,1-2H3. The van der Waals surface area contributed by atoms with Crippen LogP contribution in [0, 0.1) is 13.8 Å². The van der Waals surface area contributed by atoms with E-state index in [1.807, 2.05) is 30.5 Å². The van der Waals surface area contributed by atoms with Gasteiger partial charge in [-0.05, 0) is 37.6 Å². The number of nitrogens with one attached hydrogen (secondary N) is 1. The Kier molecular flexibility index (Phi) is 3.70. The van der Waals surface area contributed by atoms with Gasteiger partial charge in [-0.1, -0.05) is 6.07 Å². The van der Waals surface area contributed by atoms with E-state index in [1.165, 1.54) is 15.3 Å². The first kappa shape index (κ1) is 11.3. The number of nitrogens with zero attached hydrogens (tertiary/aromatic N) is 1. The Labute approximate surface area is 100 Å². The van der Waals surface area contributed by atoms with Crippen LogP contribution >= 0.6 is 11.3 Å². The number of thiophene rings is 1. The van der Waals surface area contributed by atoms with Crippen LogP contribution in [-0.2, 0) is 13.1 Å². The highest BCUT2D eigenvalue weighted by Gasteiger charge is 1.99. The van der Waals surface area contributed by atoms with Crippen molar-refractivity contribution in [2.24, 2.45) is 0 Å². The van der Waals surface area contributed by atoms with Crippen molar-refractivity contribution in [3.05, 3.63) is 51.5 Å². The van der Waals surface area contributed by atoms with Crippen molar-refractivity contribution in [2.45, 2.75) is 26.9 Å². The number of hydrogen-bond donors (Lipinski definition) is 1. The maximum absolute atomic E-state index is 4.27. The van der Waals surface area contributed by atoms with Crippen LogP contribution in [0.4, 0.5) is 0 Å². The van der Waals surface area contributed by atoms with Crippen molar-refractivity contribution >= 4 is 11.3 Å². The van der Waals surface area contributed by atoms with Gasteiger partial charge in [0.05, 0.1) is 0 Å². The second-order valence-corrected chi connectivity index (χ2v) is 5.24. The van der Waals surface area contributed by atoms with Gasteiger partial charge in [-0.25, -0.2) is 0 Å². The molecule has 0 saturated carbocycles. The van der Waals surface area contributed by atoms with Crippen LogP contribution in [-0.4, -0.2) is 4.98 Å². The molecule has 2 aromatic heterocycles. The smallest absolute Gasteiger partial charge is 0.0417 e. The van der Waals surface area contributed by atoms with Gasteiger partial charge in [0.1, 0.15) is 0 Å². The van der Waals surface area contributed by atoms with E-state index in [0.717, 1.165) is 18.8 Å². The Morgan fingerprint density at radius 3 is 2.75 bits per heavy atom. The summed E-state index contributed by atoms with van der Waals surface area (Å²) >= 11 is 1.85. The molecule has 0 saturated heterocycles. The Balaban J connectivity index is 1.87. The fraction of sp³-hybridized carbons (Fsp3) is 0.308. The topological polar surface area (TPSA) is 24.9 Å². The normalized spacial score (nSPS) is 10.6. The highest BCUT2D eigenvalue weighted by molar-refractivity contribution is 7.11. The zero-order valence-electron chi connectivity index (χ0n) is 9.66. The number of hydrogen-bond acceptors (Lipinski definition) is 3. The lowest BCUT2D eigenvalue weighted by atomic mass is 10.2. The zero-order chi connectivity index (χ0) is 11.4. The Morgan fingerprint density at radius 1 is 1.19 bits per heavy atom. The molecule has 16 heavy (non-hydrogen) atoms. The number of pyridine rings is 1. The summed E-state index contributed by atoms with van der Waals surface area (Å²) in [7, 11) is 0. The molecule has 2 heterocycles. The lowest BCUT2D eigenvalue weighted by Crippen LogP contribution is -2.12. The summed E-state index contributed by atoms with van der Waals surface area (Å²) in [5, 5.41) is 3.44. The summed E-state index contributed by atoms with van der Waals surface area (Å²) in [6, 6.07) is 8.45. The summed E-state index contributed by atoms with van der Waals surface area (Å²) < 4.78 is 0. The van der Waals surface area contributed by atoms with Crippen LogP contribution in [0.15, 0.2) is 30.5 Å². The quantitative estimate of drug-likeness (QED) is 0.876. The van der Waals surface area contributed by atoms with E-state index in [-0.39, 0.29) is 0 Å². The predicted octanol–water partition coefficient (Wildman–Crippen LogP) is 3.05. The molecule has 0 aliphatic heterocycles. The van der Waals surface area contributed by atoms with E-state index >= 15 is 0 Å². The molecule has 0 atom stereocenters. The fourth-order valence-electron chi connectivity index (χ4n) is 1.60. The van der Waals surface area contributed by atoms with E-state index in [9.17, 15) is 0 Å². The van der Waals surface area contributed by atoms with E-state index < -0.39 is 0 Å². The molecule has 2 rings (SSSR count). The van der Waals surface area contributed by atoms with Gasteiger partial charge in [0.25, 0.3) is 0 Å². The van der Waals surface area contributed by atoms with Crippen molar-refractivity contribution in [1.82, 2.24) is 10.3 Å². The molecule has 0 unspecified atom stereocenters. The third-order valence-electron chi connectivity index (χ3n) is 2.53. The summed E-state index contributed by atoms with van der Waals surface area (Å²) in [4.78, 5) is 7.03. The molecule has 0 fully saturated rings. The molecule has 0 amide bonds. The average molecular weight is 232 g/mol. The summed E-state index contributed by atoms with van der Waals surface area (Å²) in [6.45, 7) is 6.01. The van der Waals surface area contributed by atoms with Crippen molar-refractivity contribution in [2.75, 3.05) is 0 Å². The van der Waals surface area contributed by atoms with Gasteiger partial charge in [0, 0.05) is 34.7 Å². The van der Waals surface area contributed by atoms with Crippen molar-refractivity contribution in [3.63, 3.8) is 0 Å². The van der Waals surface area contributed by atoms with Gasteiger partial charge < -0.3 is 5.32 Å². The highest BCUT2D eigenvalue weighted by Crippen LogP contribution is 2.14. The van der Waals surface area contributed by atoms with E-state index in [2.05, 4.69) is 35.4 Å². The summed E-state index contributed by atoms with van der Waals surface area (Å²) in [6.07, 6.45) is 1.83. The number of aromatic nitrogens is 1. The van der Waals surface area contributed by atoms with Crippen LogP contribution < -0.4 is 5.32 Å². The van der Waals surface area contributed by atoms with Gasteiger partial charge in [0.2, 0.25) is 0 Å². The maximum Gasteiger partial charge on any atom is 0.0417 e. The molecule has 3 heteroatoms. The third-order valence-corrected chi connectivity index (χ3v) is 3.53. The van der Waals surface area contributed by atoms with Crippen LogP contribution in [0.2, 0.25) is 0 Å². The highest BCUT2D eigenvalue weighted by atomic mass is 32.1. The van der Waals surface area contributed by atoms with Gasteiger partial charge >= 0.3 is 0 Å². The molecule has 2 nitrogen and oxygen atoms in total. The second-order valence-electron chi connectivity index (χ2n) is 3.86. The van der Waals surface area contributed by atoms with Crippen LogP contribution in [0.5, 0.6) is 0 Å². The molecule has 0 aromatic carbocycles. The molecule has 0 spiro atoms. The van der Waals surface area contributed by atoms with Crippen molar-refractivity contribution in [1.29, 1.82) is 0 Å². The minimum atomic E-state index is 0.886. The number of rotatable bonds is 4. The minimum absolute atomic E-state index is 0.886. The molecular formula is C13H16N2S. The molecule has 0 aliphatic carbocycles. The van der Waals surface area contributed by atoms with Gasteiger partial charge in [-0.15, -0.1) is 11.3 Å². The monoisotopic (exact) mass is 232 g/mol. The lowest BCUT2D eigenvalue weighted by molar-refractivity contribution is 0.695. The Morgan fingerprint density at radius 2 is 2.06 bits per heavy atom. The fourth-order valence-corrected chi connectivity index (χ4v) is 2.46. The summed E-state index contributed by atoms with van der Waals surface area (Å²) in [5.41, 5.74) is 2.38. The van der Waals surface area contributed by atoms with Gasteiger partial charge in [0.15, 0.2) is 0 Å². The molecular weight excluding hydrogens is 216 g/mol. The third kappa shape index (κ3) is 2.90. The lowest BCUT2D eigenvalue weighted by Gasteiger charge is -2.05. The first-order valence-corrected chi connectivity index (χ1v) is 6.24. The van der Waals surface area contributed by atoms with Crippen LogP contribution in [0.1, 0.15) is 21.0 Å². The Hall–Kier alpha value is -1.19. The average Bonchev–Trinajstić information content (AvgIpc) is 2.67. The molecule has 0 radical (unpaired) electrons. The molecule has 2 aromatic rings. The van der Waals surface area contributed by atoms with Crippen molar-refractivity contribution in [3.8, 4) is 0 Å². The van der Waals surface area contributed by atoms with E-state index in [0.29, 0.717) is 0 Å². The maximum atomic E-state index is 4.27. The minimum Gasteiger partial charge on any atom is -0.308 e. The Bertz CT molecular complexity index is 462. The largest absolute Gasteiger partial charge is 0.308 e. The van der Waals surface area contributed by atoms with Gasteiger partial charge in [-0.3, -0.25) is 4.98 Å². The summed E-state index contributed by atoms with van der Waals surface area (Å²) in [5.74, 6) is 0. The zero-order valence-corrected chi connectivity index (χ0v) is 10.5. The number of aryl methyl sites for hydroxylation is 2. The first-order chi connectivity index (χ1) is 7.75. The van der Waals surface area contributed by atoms with E-state index in [4.69, 9.17) is 0 Å². The molecule has 0 bridgehead atoms. The van der Waals surface area contributed by atoms with Gasteiger partial charge in [-0.2, -0.15) is 0 Å². The van der Waals surface area contributed by atoms with Crippen molar-refractivity contribution < 1.29 is 0 Å². The van der Waals surface area contributed by atoms with E-state index in [1.54, 1.807) is 0 Å². The second kappa shape index (κ2) is 5.23. The SMILES string of the molecule is Cc1ccc(CNCc2cccnc2C)s1. The van der Waals surface area contributed by atoms with Crippen LogP contribution in [0.3, 0.4) is 0 Å². The predicted molar refractivity (Wildman–Crippen MR) is 68.6 cm³/mol. The van der Waals surface area contributed by atoms with Crippen LogP contribution in [0.25, 0.3) is 0 Å².